The number of amides is 2. The Bertz CT molecular complexity index is 741. The van der Waals surface area contributed by atoms with Crippen molar-refractivity contribution in [2.75, 3.05) is 31.6 Å². The van der Waals surface area contributed by atoms with Gasteiger partial charge in [0.15, 0.2) is 0 Å². The summed E-state index contributed by atoms with van der Waals surface area (Å²) in [5.41, 5.74) is 1.78. The number of rotatable bonds is 7. The average Bonchev–Trinajstić information content (AvgIpc) is 2.73. The maximum atomic E-state index is 12.1. The van der Waals surface area contributed by atoms with Crippen molar-refractivity contribution in [1.29, 1.82) is 0 Å². The number of anilines is 1. The molecule has 0 radical (unpaired) electrons. The van der Waals surface area contributed by atoms with E-state index in [1.807, 2.05) is 42.5 Å². The molecule has 2 aromatic rings. The van der Waals surface area contributed by atoms with E-state index in [2.05, 4.69) is 5.32 Å². The number of carbonyl (C=O) groups excluding carboxylic acids is 2. The lowest BCUT2D eigenvalue weighted by Crippen LogP contribution is -2.40. The molecule has 142 valence electrons. The first-order chi connectivity index (χ1) is 13.2. The molecule has 0 saturated carbocycles. The van der Waals surface area contributed by atoms with Gasteiger partial charge in [0, 0.05) is 31.6 Å². The Morgan fingerprint density at radius 3 is 2.37 bits per heavy atom. The van der Waals surface area contributed by atoms with Gasteiger partial charge in [0.1, 0.15) is 12.4 Å². The van der Waals surface area contributed by atoms with Crippen LogP contribution in [0.25, 0.3) is 0 Å². The number of hydrogen-bond acceptors (Lipinski definition) is 4. The molecule has 0 bridgehead atoms. The van der Waals surface area contributed by atoms with Gasteiger partial charge in [0.2, 0.25) is 11.8 Å². The highest BCUT2D eigenvalue weighted by Crippen LogP contribution is 2.17. The quantitative estimate of drug-likeness (QED) is 0.816. The Balaban J connectivity index is 1.40. The van der Waals surface area contributed by atoms with Crippen LogP contribution in [0.5, 0.6) is 5.75 Å². The van der Waals surface area contributed by atoms with E-state index in [4.69, 9.17) is 9.47 Å². The second kappa shape index (κ2) is 9.73. The number of ether oxygens (including phenoxy) is 2. The SMILES string of the molecule is O=C(CCC(=O)N1CCOCC1)Nc1ccc(OCc2ccccc2)cc1. The lowest BCUT2D eigenvalue weighted by molar-refractivity contribution is -0.136. The average molecular weight is 368 g/mol. The number of benzene rings is 2. The van der Waals surface area contributed by atoms with Crippen molar-refractivity contribution in [3.05, 3.63) is 60.2 Å². The maximum absolute atomic E-state index is 12.1. The molecule has 0 spiro atoms. The molecule has 1 aliphatic rings. The van der Waals surface area contributed by atoms with Gasteiger partial charge in [-0.25, -0.2) is 0 Å². The van der Waals surface area contributed by atoms with Crippen molar-refractivity contribution in [1.82, 2.24) is 4.90 Å². The first kappa shape index (κ1) is 18.9. The number of carbonyl (C=O) groups is 2. The van der Waals surface area contributed by atoms with Gasteiger partial charge in [-0.05, 0) is 29.8 Å². The third-order valence-corrected chi connectivity index (χ3v) is 4.32. The van der Waals surface area contributed by atoms with Gasteiger partial charge in [-0.15, -0.1) is 0 Å². The van der Waals surface area contributed by atoms with Crippen molar-refractivity contribution < 1.29 is 19.1 Å². The highest BCUT2D eigenvalue weighted by Gasteiger charge is 2.17. The summed E-state index contributed by atoms with van der Waals surface area (Å²) in [6.07, 6.45) is 0.382. The molecule has 6 nitrogen and oxygen atoms in total. The van der Waals surface area contributed by atoms with E-state index in [1.54, 1.807) is 17.0 Å². The second-order valence-corrected chi connectivity index (χ2v) is 6.34. The number of nitrogens with zero attached hydrogens (tertiary/aromatic N) is 1. The Hall–Kier alpha value is -2.86. The normalized spacial score (nSPS) is 13.9. The molecular weight excluding hydrogens is 344 g/mol. The van der Waals surface area contributed by atoms with E-state index in [0.717, 1.165) is 11.3 Å². The van der Waals surface area contributed by atoms with Crippen LogP contribution < -0.4 is 10.1 Å². The largest absolute Gasteiger partial charge is 0.489 e. The first-order valence-electron chi connectivity index (χ1n) is 9.13. The number of morpholine rings is 1. The predicted octanol–water partition coefficient (Wildman–Crippen LogP) is 2.84. The number of nitrogens with one attached hydrogen (secondary N) is 1. The van der Waals surface area contributed by atoms with E-state index < -0.39 is 0 Å². The summed E-state index contributed by atoms with van der Waals surface area (Å²) >= 11 is 0. The summed E-state index contributed by atoms with van der Waals surface area (Å²) in [6, 6.07) is 17.1. The monoisotopic (exact) mass is 368 g/mol. The van der Waals surface area contributed by atoms with Crippen LogP contribution in [-0.2, 0) is 20.9 Å². The number of hydrogen-bond donors (Lipinski definition) is 1. The highest BCUT2D eigenvalue weighted by atomic mass is 16.5. The standard InChI is InChI=1S/C21H24N2O4/c24-20(10-11-21(25)23-12-14-26-15-13-23)22-18-6-8-19(9-7-18)27-16-17-4-2-1-3-5-17/h1-9H,10-16H2,(H,22,24). The molecule has 1 saturated heterocycles. The van der Waals surface area contributed by atoms with Crippen molar-refractivity contribution in [2.24, 2.45) is 0 Å². The molecular formula is C21H24N2O4. The summed E-state index contributed by atoms with van der Waals surface area (Å²) < 4.78 is 10.9. The second-order valence-electron chi connectivity index (χ2n) is 6.34. The third-order valence-electron chi connectivity index (χ3n) is 4.32. The molecule has 1 aliphatic heterocycles. The Morgan fingerprint density at radius 2 is 1.67 bits per heavy atom. The Labute approximate surface area is 159 Å². The molecule has 2 amide bonds. The zero-order valence-electron chi connectivity index (χ0n) is 15.2. The van der Waals surface area contributed by atoms with Gasteiger partial charge in [0.25, 0.3) is 0 Å². The van der Waals surface area contributed by atoms with Crippen LogP contribution >= 0.6 is 0 Å². The van der Waals surface area contributed by atoms with Crippen LogP contribution in [0, 0.1) is 0 Å². The van der Waals surface area contributed by atoms with E-state index in [9.17, 15) is 9.59 Å². The zero-order valence-corrected chi connectivity index (χ0v) is 15.2. The molecule has 3 rings (SSSR count). The van der Waals surface area contributed by atoms with Crippen molar-refractivity contribution >= 4 is 17.5 Å². The van der Waals surface area contributed by atoms with Crippen LogP contribution in [-0.4, -0.2) is 43.0 Å². The fraction of sp³-hybridized carbons (Fsp3) is 0.333. The lowest BCUT2D eigenvalue weighted by atomic mass is 10.2. The molecule has 1 heterocycles. The lowest BCUT2D eigenvalue weighted by Gasteiger charge is -2.26. The van der Waals surface area contributed by atoms with Crippen molar-refractivity contribution in [3.8, 4) is 5.75 Å². The van der Waals surface area contributed by atoms with E-state index in [1.165, 1.54) is 0 Å². The minimum Gasteiger partial charge on any atom is -0.489 e. The summed E-state index contributed by atoms with van der Waals surface area (Å²) in [4.78, 5) is 25.9. The first-order valence-corrected chi connectivity index (χ1v) is 9.13. The minimum absolute atomic E-state index is 0.00175. The molecule has 1 fully saturated rings. The molecule has 0 aromatic heterocycles. The third kappa shape index (κ3) is 6.11. The van der Waals surface area contributed by atoms with Crippen LogP contribution in [0.4, 0.5) is 5.69 Å². The summed E-state index contributed by atoms with van der Waals surface area (Å²) in [5.74, 6) is 0.562. The smallest absolute Gasteiger partial charge is 0.224 e. The van der Waals surface area contributed by atoms with Gasteiger partial charge >= 0.3 is 0 Å². The molecule has 2 aromatic carbocycles. The molecule has 0 aliphatic carbocycles. The van der Waals surface area contributed by atoms with Crippen LogP contribution in [0.1, 0.15) is 18.4 Å². The van der Waals surface area contributed by atoms with Gasteiger partial charge < -0.3 is 19.7 Å². The van der Waals surface area contributed by atoms with Gasteiger partial charge in [-0.1, -0.05) is 30.3 Å². The van der Waals surface area contributed by atoms with E-state index in [0.29, 0.717) is 38.6 Å². The Kier molecular flexibility index (Phi) is 6.82. The molecule has 0 atom stereocenters. The molecule has 27 heavy (non-hydrogen) atoms. The molecule has 0 unspecified atom stereocenters. The van der Waals surface area contributed by atoms with Gasteiger partial charge in [-0.2, -0.15) is 0 Å². The topological polar surface area (TPSA) is 67.9 Å². The summed E-state index contributed by atoms with van der Waals surface area (Å²) in [7, 11) is 0. The minimum atomic E-state index is -0.172. The highest BCUT2D eigenvalue weighted by molar-refractivity contribution is 5.93. The zero-order chi connectivity index (χ0) is 18.9. The van der Waals surface area contributed by atoms with Gasteiger partial charge in [0.05, 0.1) is 13.2 Å². The maximum Gasteiger partial charge on any atom is 0.224 e. The van der Waals surface area contributed by atoms with Gasteiger partial charge in [-0.3, -0.25) is 9.59 Å². The molecule has 6 heteroatoms. The van der Waals surface area contributed by atoms with E-state index in [-0.39, 0.29) is 24.7 Å². The van der Waals surface area contributed by atoms with Crippen molar-refractivity contribution in [3.63, 3.8) is 0 Å². The predicted molar refractivity (Wildman–Crippen MR) is 102 cm³/mol. The van der Waals surface area contributed by atoms with E-state index >= 15 is 0 Å². The Morgan fingerprint density at radius 1 is 0.963 bits per heavy atom. The fourth-order valence-corrected chi connectivity index (χ4v) is 2.79. The summed E-state index contributed by atoms with van der Waals surface area (Å²) in [6.45, 7) is 2.83. The van der Waals surface area contributed by atoms with Crippen LogP contribution in [0.2, 0.25) is 0 Å². The van der Waals surface area contributed by atoms with Crippen molar-refractivity contribution in [2.45, 2.75) is 19.4 Å². The van der Waals surface area contributed by atoms with Crippen LogP contribution in [0.3, 0.4) is 0 Å². The van der Waals surface area contributed by atoms with Crippen LogP contribution in [0.15, 0.2) is 54.6 Å². The fourth-order valence-electron chi connectivity index (χ4n) is 2.79. The summed E-state index contributed by atoms with van der Waals surface area (Å²) in [5, 5.41) is 2.81. The molecule has 1 N–H and O–H groups in total.